The van der Waals surface area contributed by atoms with E-state index in [0.717, 1.165) is 17.7 Å². The third-order valence-electron chi connectivity index (χ3n) is 5.34. The van der Waals surface area contributed by atoms with Crippen molar-refractivity contribution in [3.8, 4) is 11.5 Å². The van der Waals surface area contributed by atoms with Crippen molar-refractivity contribution in [1.29, 1.82) is 0 Å². The third kappa shape index (κ3) is 8.30. The van der Waals surface area contributed by atoms with Crippen LogP contribution in [0.15, 0.2) is 70.2 Å². The van der Waals surface area contributed by atoms with Gasteiger partial charge in [0.05, 0.1) is 24.6 Å². The number of halogens is 4. The number of hydrazone groups is 1. The molecule has 3 N–H and O–H groups in total. The van der Waals surface area contributed by atoms with Gasteiger partial charge in [-0.15, -0.1) is 0 Å². The average Bonchev–Trinajstić information content (AvgIpc) is 2.92. The van der Waals surface area contributed by atoms with Crippen molar-refractivity contribution >= 4 is 51.2 Å². The van der Waals surface area contributed by atoms with E-state index in [-0.39, 0.29) is 16.0 Å². The molecule has 0 saturated carbocycles. The highest BCUT2D eigenvalue weighted by molar-refractivity contribution is 9.10. The predicted molar refractivity (Wildman–Crippen MR) is 146 cm³/mol. The fraction of sp³-hybridized carbons (Fsp3) is 0.185. The van der Waals surface area contributed by atoms with Gasteiger partial charge in [0.25, 0.3) is 5.91 Å². The molecule has 210 valence electrons. The van der Waals surface area contributed by atoms with Gasteiger partial charge in [0.2, 0.25) is 0 Å². The molecule has 3 aromatic rings. The van der Waals surface area contributed by atoms with Gasteiger partial charge in [-0.2, -0.15) is 18.3 Å². The fourth-order valence-electron chi connectivity index (χ4n) is 3.42. The van der Waals surface area contributed by atoms with Crippen molar-refractivity contribution < 1.29 is 37.0 Å². The van der Waals surface area contributed by atoms with Crippen molar-refractivity contribution in [3.05, 3.63) is 81.8 Å². The smallest absolute Gasteiger partial charge is 0.418 e. The molecule has 0 aliphatic heterocycles. The van der Waals surface area contributed by atoms with E-state index in [4.69, 9.17) is 9.47 Å². The lowest BCUT2D eigenvalue weighted by Gasteiger charge is -2.15. The number of aryl methyl sites for hydroxylation is 1. The van der Waals surface area contributed by atoms with E-state index in [1.807, 2.05) is 19.1 Å². The normalized spacial score (nSPS) is 11.2. The molecule has 0 aliphatic carbocycles. The first-order chi connectivity index (χ1) is 19.0. The van der Waals surface area contributed by atoms with Crippen molar-refractivity contribution in [2.75, 3.05) is 24.4 Å². The molecule has 9 nitrogen and oxygen atoms in total. The van der Waals surface area contributed by atoms with Gasteiger partial charge in [0.1, 0.15) is 0 Å². The molecule has 0 unspecified atom stereocenters. The molecule has 3 rings (SSSR count). The highest BCUT2D eigenvalue weighted by Gasteiger charge is 2.34. The number of alkyl halides is 3. The van der Waals surface area contributed by atoms with Crippen LogP contribution in [0.5, 0.6) is 11.5 Å². The Morgan fingerprint density at radius 1 is 0.950 bits per heavy atom. The van der Waals surface area contributed by atoms with Crippen LogP contribution in [-0.4, -0.2) is 37.7 Å². The summed E-state index contributed by atoms with van der Waals surface area (Å²) in [5.41, 5.74) is 2.57. The van der Waals surface area contributed by atoms with Gasteiger partial charge in [-0.25, -0.2) is 5.43 Å². The molecule has 0 radical (unpaired) electrons. The second-order valence-electron chi connectivity index (χ2n) is 8.10. The Hall–Kier alpha value is -4.39. The summed E-state index contributed by atoms with van der Waals surface area (Å²) in [7, 11) is 1.35. The number of amides is 3. The molecule has 0 atom stereocenters. The second kappa shape index (κ2) is 13.6. The maximum atomic E-state index is 13.3. The summed E-state index contributed by atoms with van der Waals surface area (Å²) in [5.74, 6) is -2.35. The Bertz CT molecular complexity index is 1430. The summed E-state index contributed by atoms with van der Waals surface area (Å²) in [5, 5.41) is 8.49. The number of hydrogen-bond acceptors (Lipinski definition) is 6. The summed E-state index contributed by atoms with van der Waals surface area (Å²) in [6.07, 6.45) is -2.74. The van der Waals surface area contributed by atoms with Crippen molar-refractivity contribution in [1.82, 2.24) is 5.43 Å². The molecular formula is C27H24BrF3N4O5. The largest absolute Gasteiger partial charge is 0.493 e. The van der Waals surface area contributed by atoms with Gasteiger partial charge < -0.3 is 20.1 Å². The molecule has 0 bridgehead atoms. The number of anilines is 2. The Kier molecular flexibility index (Phi) is 10.3. The molecule has 13 heteroatoms. The third-order valence-corrected chi connectivity index (χ3v) is 5.83. The maximum Gasteiger partial charge on any atom is 0.418 e. The van der Waals surface area contributed by atoms with E-state index in [1.54, 1.807) is 12.1 Å². The lowest BCUT2D eigenvalue weighted by atomic mass is 10.1. The summed E-state index contributed by atoms with van der Waals surface area (Å²) >= 11 is 2.98. The van der Waals surface area contributed by atoms with Crippen LogP contribution in [0, 0.1) is 0 Å². The van der Waals surface area contributed by atoms with E-state index in [2.05, 4.69) is 37.1 Å². The highest BCUT2D eigenvalue weighted by Crippen LogP contribution is 2.36. The van der Waals surface area contributed by atoms with E-state index < -0.39 is 41.8 Å². The zero-order valence-electron chi connectivity index (χ0n) is 21.3. The van der Waals surface area contributed by atoms with Crippen LogP contribution in [0.25, 0.3) is 0 Å². The van der Waals surface area contributed by atoms with Crippen LogP contribution in [0.1, 0.15) is 23.6 Å². The molecule has 40 heavy (non-hydrogen) atoms. The van der Waals surface area contributed by atoms with E-state index in [9.17, 15) is 27.6 Å². The number of carbonyl (C=O) groups is 3. The molecule has 3 aromatic carbocycles. The minimum atomic E-state index is -4.67. The summed E-state index contributed by atoms with van der Waals surface area (Å²) < 4.78 is 50.7. The maximum absolute atomic E-state index is 13.3. The summed E-state index contributed by atoms with van der Waals surface area (Å²) in [4.78, 5) is 36.5. The number of methoxy groups -OCH3 is 1. The molecular weight excluding hydrogens is 597 g/mol. The first kappa shape index (κ1) is 30.2. The van der Waals surface area contributed by atoms with Crippen LogP contribution in [0.2, 0.25) is 0 Å². The molecule has 0 saturated heterocycles. The van der Waals surface area contributed by atoms with Crippen LogP contribution >= 0.6 is 15.9 Å². The van der Waals surface area contributed by atoms with Crippen LogP contribution in [0.3, 0.4) is 0 Å². The van der Waals surface area contributed by atoms with Gasteiger partial charge in [0.15, 0.2) is 18.1 Å². The van der Waals surface area contributed by atoms with Crippen molar-refractivity contribution in [3.63, 3.8) is 0 Å². The Balaban J connectivity index is 1.57. The molecule has 0 fully saturated rings. The summed E-state index contributed by atoms with van der Waals surface area (Å²) in [6, 6.07) is 14.9. The van der Waals surface area contributed by atoms with Crippen LogP contribution in [0.4, 0.5) is 24.5 Å². The first-order valence-corrected chi connectivity index (χ1v) is 12.5. The average molecular weight is 621 g/mol. The van der Waals surface area contributed by atoms with Gasteiger partial charge in [0, 0.05) is 10.2 Å². The van der Waals surface area contributed by atoms with Crippen molar-refractivity contribution in [2.24, 2.45) is 5.10 Å². The lowest BCUT2D eigenvalue weighted by molar-refractivity contribution is -0.137. The number of rotatable bonds is 9. The first-order valence-electron chi connectivity index (χ1n) is 11.7. The van der Waals surface area contributed by atoms with E-state index in [0.29, 0.717) is 17.7 Å². The number of nitrogens with zero attached hydrogens (tertiary/aromatic N) is 1. The number of carbonyl (C=O) groups excluding carboxylic acids is 3. The van der Waals surface area contributed by atoms with E-state index >= 15 is 0 Å². The zero-order valence-corrected chi connectivity index (χ0v) is 22.9. The monoisotopic (exact) mass is 620 g/mol. The van der Waals surface area contributed by atoms with Crippen molar-refractivity contribution in [2.45, 2.75) is 19.5 Å². The minimum Gasteiger partial charge on any atom is -0.493 e. The molecule has 0 spiro atoms. The Morgan fingerprint density at radius 3 is 2.40 bits per heavy atom. The SMILES string of the molecule is CCc1ccccc1NC(=O)C(=O)N/N=C\c1ccc(OCC(=O)Nc2ccc(Br)cc2C(F)(F)F)c(OC)c1. The second-order valence-corrected chi connectivity index (χ2v) is 9.01. The Labute approximate surface area is 235 Å². The van der Waals surface area contributed by atoms with Gasteiger partial charge in [-0.1, -0.05) is 41.1 Å². The van der Waals surface area contributed by atoms with E-state index in [1.165, 1.54) is 37.6 Å². The lowest BCUT2D eigenvalue weighted by Crippen LogP contribution is -2.32. The van der Waals surface area contributed by atoms with Gasteiger partial charge in [-0.3, -0.25) is 14.4 Å². The zero-order chi connectivity index (χ0) is 29.3. The molecule has 0 aromatic heterocycles. The quantitative estimate of drug-likeness (QED) is 0.174. The number of hydrogen-bond donors (Lipinski definition) is 3. The standard InChI is InChI=1S/C27H24BrF3N4O5/c1-3-17-6-4-5-7-20(17)34-25(37)26(38)35-32-14-16-8-11-22(23(12-16)39-2)40-15-24(36)33-21-10-9-18(28)13-19(21)27(29,30)31/h4-14H,3,15H2,1-2H3,(H,33,36)(H,34,37)(H,35,38)/b32-14-. The summed E-state index contributed by atoms with van der Waals surface area (Å²) in [6.45, 7) is 1.33. The molecule has 3 amide bonds. The van der Waals surface area contributed by atoms with Gasteiger partial charge >= 0.3 is 18.0 Å². The predicted octanol–water partition coefficient (Wildman–Crippen LogP) is 5.15. The number of benzene rings is 3. The number of ether oxygens (including phenoxy) is 2. The van der Waals surface area contributed by atoms with Crippen LogP contribution < -0.4 is 25.5 Å². The fourth-order valence-corrected chi connectivity index (χ4v) is 3.78. The van der Waals surface area contributed by atoms with Gasteiger partial charge in [-0.05, 0) is 60.0 Å². The molecule has 0 heterocycles. The number of para-hydroxylation sites is 1. The topological polar surface area (TPSA) is 118 Å². The van der Waals surface area contributed by atoms with Crippen LogP contribution in [-0.2, 0) is 27.0 Å². The number of nitrogens with one attached hydrogen (secondary N) is 3. The molecule has 0 aliphatic rings. The highest BCUT2D eigenvalue weighted by atomic mass is 79.9. The minimum absolute atomic E-state index is 0.139. The Morgan fingerprint density at radius 2 is 1.70 bits per heavy atom.